The Bertz CT molecular complexity index is 926. The number of carbonyl (C=O) groups is 4. The predicted octanol–water partition coefficient (Wildman–Crippen LogP) is 2.85. The Balaban J connectivity index is 1.81. The minimum absolute atomic E-state index is 0.0756. The molecule has 1 heterocycles. The van der Waals surface area contributed by atoms with Gasteiger partial charge in [-0.15, -0.1) is 0 Å². The number of hydrogen-bond acceptors (Lipinski definition) is 5. The number of benzene rings is 1. The number of amides is 4. The van der Waals surface area contributed by atoms with Crippen LogP contribution >= 0.6 is 0 Å². The van der Waals surface area contributed by atoms with Crippen LogP contribution in [-0.4, -0.2) is 58.3 Å². The second-order valence-corrected chi connectivity index (χ2v) is 8.26. The van der Waals surface area contributed by atoms with Gasteiger partial charge >= 0.3 is 18.2 Å². The molecule has 1 saturated carbocycles. The van der Waals surface area contributed by atoms with Gasteiger partial charge in [-0.2, -0.15) is 13.2 Å². The molecule has 1 N–H and O–H groups in total. The molecule has 1 aromatic rings. The number of esters is 1. The number of nitrogens with zero attached hydrogens (tertiary/aromatic N) is 2. The molecule has 8 nitrogen and oxygen atoms in total. The van der Waals surface area contributed by atoms with E-state index in [0.29, 0.717) is 18.4 Å². The smallest absolute Gasteiger partial charge is 0.416 e. The highest BCUT2D eigenvalue weighted by Crippen LogP contribution is 2.36. The molecule has 0 bridgehead atoms. The first kappa shape index (κ1) is 24.5. The summed E-state index contributed by atoms with van der Waals surface area (Å²) in [5.41, 5.74) is -1.49. The summed E-state index contributed by atoms with van der Waals surface area (Å²) in [6.45, 7) is 2.38. The molecule has 3 rings (SSSR count). The Hall–Kier alpha value is -3.11. The van der Waals surface area contributed by atoms with Gasteiger partial charge in [0.15, 0.2) is 0 Å². The third kappa shape index (κ3) is 5.12. The second-order valence-electron chi connectivity index (χ2n) is 8.26. The summed E-state index contributed by atoms with van der Waals surface area (Å²) in [6, 6.07) is 2.30. The maximum Gasteiger partial charge on any atom is 0.416 e. The van der Waals surface area contributed by atoms with E-state index in [-0.39, 0.29) is 13.2 Å². The van der Waals surface area contributed by atoms with E-state index in [0.717, 1.165) is 34.8 Å². The average molecular weight is 469 g/mol. The average Bonchev–Trinajstić information content (AvgIpc) is 3.31. The van der Waals surface area contributed by atoms with Crippen LogP contribution in [0.5, 0.6) is 0 Å². The van der Waals surface area contributed by atoms with Crippen LogP contribution in [0.3, 0.4) is 0 Å². The third-order valence-electron chi connectivity index (χ3n) is 5.99. The topological polar surface area (TPSA) is 96.0 Å². The molecule has 11 heteroatoms. The predicted molar refractivity (Wildman–Crippen MR) is 110 cm³/mol. The quantitative estimate of drug-likeness (QED) is 0.490. The molecular formula is C22H26F3N3O5. The minimum atomic E-state index is -4.51. The molecule has 1 spiro atoms. The van der Waals surface area contributed by atoms with Crippen molar-refractivity contribution in [2.45, 2.75) is 63.8 Å². The molecule has 180 valence electrons. The van der Waals surface area contributed by atoms with Crippen molar-refractivity contribution in [2.75, 3.05) is 13.2 Å². The van der Waals surface area contributed by atoms with Gasteiger partial charge < -0.3 is 15.0 Å². The number of imide groups is 1. The van der Waals surface area contributed by atoms with Gasteiger partial charge in [-0.3, -0.25) is 14.4 Å². The maximum absolute atomic E-state index is 13.3. The van der Waals surface area contributed by atoms with Crippen LogP contribution in [0.1, 0.15) is 50.7 Å². The molecule has 1 aliphatic carbocycles. The molecule has 2 aliphatic rings. The monoisotopic (exact) mass is 469 g/mol. The first-order chi connectivity index (χ1) is 15.5. The molecule has 1 aliphatic heterocycles. The molecule has 0 radical (unpaired) electrons. The van der Waals surface area contributed by atoms with Gasteiger partial charge in [0.1, 0.15) is 18.1 Å². The number of halogens is 3. The highest BCUT2D eigenvalue weighted by atomic mass is 19.4. The van der Waals surface area contributed by atoms with Gasteiger partial charge in [-0.05, 0) is 44.4 Å². The van der Waals surface area contributed by atoms with Crippen molar-refractivity contribution in [3.63, 3.8) is 0 Å². The van der Waals surface area contributed by atoms with Crippen LogP contribution in [0.15, 0.2) is 24.3 Å². The Morgan fingerprint density at radius 2 is 1.79 bits per heavy atom. The Morgan fingerprint density at radius 3 is 2.33 bits per heavy atom. The zero-order chi connectivity index (χ0) is 24.4. The van der Waals surface area contributed by atoms with Crippen molar-refractivity contribution >= 4 is 23.8 Å². The minimum Gasteiger partial charge on any atom is -0.465 e. The summed E-state index contributed by atoms with van der Waals surface area (Å²) >= 11 is 0. The lowest BCUT2D eigenvalue weighted by Crippen LogP contribution is -2.51. The standard InChI is InChI=1S/C22H26F3N3O5/c1-3-33-17(29)13-27(12-15-6-8-16(9-7-15)22(23,24)25)18(30)14(2)28-19(31)21(26-20(28)32)10-4-5-11-21/h6-9,14H,3-5,10-13H2,1-2H3,(H,26,32). The summed E-state index contributed by atoms with van der Waals surface area (Å²) < 4.78 is 43.4. The molecule has 1 saturated heterocycles. The number of nitrogens with one attached hydrogen (secondary N) is 1. The van der Waals surface area contributed by atoms with Crippen LogP contribution in [-0.2, 0) is 31.8 Å². The SMILES string of the molecule is CCOC(=O)CN(Cc1ccc(C(F)(F)F)cc1)C(=O)C(C)N1C(=O)NC2(CCCC2)C1=O. The van der Waals surface area contributed by atoms with E-state index in [9.17, 15) is 32.3 Å². The number of urea groups is 1. The van der Waals surface area contributed by atoms with Gasteiger partial charge in [0.2, 0.25) is 5.91 Å². The summed E-state index contributed by atoms with van der Waals surface area (Å²) in [5.74, 6) is -1.88. The van der Waals surface area contributed by atoms with Crippen molar-refractivity contribution in [3.8, 4) is 0 Å². The van der Waals surface area contributed by atoms with Crippen molar-refractivity contribution < 1.29 is 37.1 Å². The fraction of sp³-hybridized carbons (Fsp3) is 0.545. The van der Waals surface area contributed by atoms with Crippen molar-refractivity contribution in [3.05, 3.63) is 35.4 Å². The molecule has 0 aromatic heterocycles. The summed E-state index contributed by atoms with van der Waals surface area (Å²) in [6.07, 6.45) is -1.95. The van der Waals surface area contributed by atoms with E-state index >= 15 is 0 Å². The second kappa shape index (κ2) is 9.40. The lowest BCUT2D eigenvalue weighted by molar-refractivity contribution is -0.151. The molecule has 1 unspecified atom stereocenters. The van der Waals surface area contributed by atoms with Gasteiger partial charge in [-0.25, -0.2) is 9.69 Å². The van der Waals surface area contributed by atoms with Crippen molar-refractivity contribution in [2.24, 2.45) is 0 Å². The van der Waals surface area contributed by atoms with Crippen LogP contribution in [0.25, 0.3) is 0 Å². The summed E-state index contributed by atoms with van der Waals surface area (Å²) in [4.78, 5) is 52.8. The normalized spacial score (nSPS) is 18.4. The van der Waals surface area contributed by atoms with Crippen molar-refractivity contribution in [1.29, 1.82) is 0 Å². The van der Waals surface area contributed by atoms with Gasteiger partial charge in [0, 0.05) is 6.54 Å². The molecular weight excluding hydrogens is 443 g/mol. The Labute approximate surface area is 189 Å². The lowest BCUT2D eigenvalue weighted by atomic mass is 9.97. The summed E-state index contributed by atoms with van der Waals surface area (Å²) in [5, 5.41) is 2.70. The first-order valence-corrected chi connectivity index (χ1v) is 10.7. The van der Waals surface area contributed by atoms with Crippen molar-refractivity contribution in [1.82, 2.24) is 15.1 Å². The zero-order valence-electron chi connectivity index (χ0n) is 18.4. The van der Waals surface area contributed by atoms with E-state index in [1.54, 1.807) is 6.92 Å². The fourth-order valence-corrected chi connectivity index (χ4v) is 4.28. The van der Waals surface area contributed by atoms with Crippen LogP contribution in [0.4, 0.5) is 18.0 Å². The van der Waals surface area contributed by atoms with Gasteiger partial charge in [-0.1, -0.05) is 25.0 Å². The maximum atomic E-state index is 13.3. The molecule has 1 aromatic carbocycles. The number of rotatable bonds is 7. The van der Waals surface area contributed by atoms with Gasteiger partial charge in [0.05, 0.1) is 12.2 Å². The Kier molecular flexibility index (Phi) is 6.99. The number of hydrogen-bond donors (Lipinski definition) is 1. The molecule has 4 amide bonds. The molecule has 2 fully saturated rings. The number of carbonyl (C=O) groups excluding carboxylic acids is 4. The fourth-order valence-electron chi connectivity index (χ4n) is 4.28. The van der Waals surface area contributed by atoms with Gasteiger partial charge in [0.25, 0.3) is 5.91 Å². The van der Waals surface area contributed by atoms with Crippen LogP contribution in [0.2, 0.25) is 0 Å². The van der Waals surface area contributed by atoms with E-state index in [1.807, 2.05) is 0 Å². The van der Waals surface area contributed by atoms with E-state index in [1.165, 1.54) is 19.1 Å². The number of ether oxygens (including phenoxy) is 1. The highest BCUT2D eigenvalue weighted by Gasteiger charge is 2.54. The van der Waals surface area contributed by atoms with E-state index in [4.69, 9.17) is 4.74 Å². The molecule has 33 heavy (non-hydrogen) atoms. The largest absolute Gasteiger partial charge is 0.465 e. The summed E-state index contributed by atoms with van der Waals surface area (Å²) in [7, 11) is 0. The molecule has 1 atom stereocenters. The van der Waals surface area contributed by atoms with E-state index in [2.05, 4.69) is 5.32 Å². The Morgan fingerprint density at radius 1 is 1.18 bits per heavy atom. The number of alkyl halides is 3. The lowest BCUT2D eigenvalue weighted by Gasteiger charge is -2.29. The van der Waals surface area contributed by atoms with Crippen LogP contribution in [0, 0.1) is 0 Å². The highest BCUT2D eigenvalue weighted by molar-refractivity contribution is 6.10. The third-order valence-corrected chi connectivity index (χ3v) is 5.99. The van der Waals surface area contributed by atoms with Crippen LogP contribution < -0.4 is 5.32 Å². The van der Waals surface area contributed by atoms with E-state index < -0.39 is 53.7 Å². The zero-order valence-corrected chi connectivity index (χ0v) is 18.4. The first-order valence-electron chi connectivity index (χ1n) is 10.7.